The zero-order valence-corrected chi connectivity index (χ0v) is 11.4. The molecule has 0 aromatic heterocycles. The lowest BCUT2D eigenvalue weighted by Crippen LogP contribution is -2.48. The number of hydrogen-bond acceptors (Lipinski definition) is 3. The zero-order valence-electron chi connectivity index (χ0n) is 11.4. The molecule has 0 saturated heterocycles. The molecule has 2 N–H and O–H groups in total. The molecular formula is C12H24N2O3. The number of rotatable bonds is 7. The third-order valence-electron chi connectivity index (χ3n) is 2.72. The van der Waals surface area contributed by atoms with Crippen LogP contribution in [0.3, 0.4) is 0 Å². The van der Waals surface area contributed by atoms with Crippen molar-refractivity contribution < 1.29 is 14.7 Å². The Kier molecular flexibility index (Phi) is 6.16. The molecule has 0 spiro atoms. The van der Waals surface area contributed by atoms with Crippen molar-refractivity contribution >= 4 is 11.9 Å². The van der Waals surface area contributed by atoms with Gasteiger partial charge in [0.1, 0.15) is 0 Å². The molecule has 0 aromatic rings. The van der Waals surface area contributed by atoms with Gasteiger partial charge in [0.25, 0.3) is 0 Å². The molecule has 0 saturated carbocycles. The largest absolute Gasteiger partial charge is 0.481 e. The van der Waals surface area contributed by atoms with Gasteiger partial charge < -0.3 is 10.4 Å². The SMILES string of the molecule is CC(C)N(C)CC(=O)NC(C)(C)CCC(=O)O. The molecule has 0 aliphatic rings. The van der Waals surface area contributed by atoms with Crippen LogP contribution < -0.4 is 5.32 Å². The van der Waals surface area contributed by atoms with Crippen molar-refractivity contribution in [3.8, 4) is 0 Å². The van der Waals surface area contributed by atoms with Gasteiger partial charge in [0.05, 0.1) is 6.54 Å². The quantitative estimate of drug-likeness (QED) is 0.703. The summed E-state index contributed by atoms with van der Waals surface area (Å²) in [5, 5.41) is 11.5. The first-order valence-electron chi connectivity index (χ1n) is 5.87. The van der Waals surface area contributed by atoms with Gasteiger partial charge in [-0.2, -0.15) is 0 Å². The molecule has 0 atom stereocenters. The summed E-state index contributed by atoms with van der Waals surface area (Å²) in [6.07, 6.45) is 0.493. The van der Waals surface area contributed by atoms with Crippen molar-refractivity contribution in [2.75, 3.05) is 13.6 Å². The second kappa shape index (κ2) is 6.59. The van der Waals surface area contributed by atoms with Crippen molar-refractivity contribution in [1.29, 1.82) is 0 Å². The number of aliphatic carboxylic acids is 1. The lowest BCUT2D eigenvalue weighted by molar-refractivity contribution is -0.137. The van der Waals surface area contributed by atoms with Crippen LogP contribution in [0.25, 0.3) is 0 Å². The number of carboxylic acid groups (broad SMARTS) is 1. The van der Waals surface area contributed by atoms with Crippen molar-refractivity contribution in [3.63, 3.8) is 0 Å². The van der Waals surface area contributed by atoms with E-state index in [4.69, 9.17) is 5.11 Å². The third kappa shape index (κ3) is 7.74. The summed E-state index contributed by atoms with van der Waals surface area (Å²) in [4.78, 5) is 24.1. The van der Waals surface area contributed by atoms with E-state index in [1.807, 2.05) is 39.6 Å². The molecule has 0 unspecified atom stereocenters. The van der Waals surface area contributed by atoms with Crippen LogP contribution in [0, 0.1) is 0 Å². The van der Waals surface area contributed by atoms with Crippen LogP contribution in [0.4, 0.5) is 0 Å². The van der Waals surface area contributed by atoms with E-state index in [9.17, 15) is 9.59 Å². The Labute approximate surface area is 103 Å². The molecule has 0 heterocycles. The average molecular weight is 244 g/mol. The zero-order chi connectivity index (χ0) is 13.6. The number of amides is 1. The number of hydrogen-bond donors (Lipinski definition) is 2. The first-order chi connectivity index (χ1) is 7.64. The normalized spacial score (nSPS) is 11.9. The lowest BCUT2D eigenvalue weighted by atomic mass is 9.98. The topological polar surface area (TPSA) is 69.6 Å². The van der Waals surface area contributed by atoms with E-state index in [-0.39, 0.29) is 12.3 Å². The minimum atomic E-state index is -0.841. The van der Waals surface area contributed by atoms with E-state index < -0.39 is 11.5 Å². The molecule has 5 nitrogen and oxygen atoms in total. The number of nitrogens with one attached hydrogen (secondary N) is 1. The summed E-state index contributed by atoms with van der Waals surface area (Å²) < 4.78 is 0. The minimum absolute atomic E-state index is 0.0628. The summed E-state index contributed by atoms with van der Waals surface area (Å²) in [6.45, 7) is 8.03. The van der Waals surface area contributed by atoms with Gasteiger partial charge in [-0.25, -0.2) is 0 Å². The van der Waals surface area contributed by atoms with Gasteiger partial charge in [-0.1, -0.05) is 0 Å². The van der Waals surface area contributed by atoms with E-state index in [2.05, 4.69) is 5.32 Å². The molecule has 0 rings (SSSR count). The van der Waals surface area contributed by atoms with E-state index >= 15 is 0 Å². The third-order valence-corrected chi connectivity index (χ3v) is 2.72. The maximum atomic E-state index is 11.7. The molecule has 0 aliphatic heterocycles. The average Bonchev–Trinajstić information content (AvgIpc) is 2.13. The van der Waals surface area contributed by atoms with Crippen LogP contribution in [0.15, 0.2) is 0 Å². The molecule has 0 aromatic carbocycles. The van der Waals surface area contributed by atoms with E-state index in [1.54, 1.807) is 0 Å². The number of nitrogens with zero attached hydrogens (tertiary/aromatic N) is 1. The van der Waals surface area contributed by atoms with Crippen LogP contribution in [-0.4, -0.2) is 47.1 Å². The van der Waals surface area contributed by atoms with E-state index in [1.165, 1.54) is 0 Å². The monoisotopic (exact) mass is 244 g/mol. The molecule has 5 heteroatoms. The highest BCUT2D eigenvalue weighted by molar-refractivity contribution is 5.78. The Balaban J connectivity index is 4.13. The van der Waals surface area contributed by atoms with Crippen molar-refractivity contribution in [3.05, 3.63) is 0 Å². The van der Waals surface area contributed by atoms with Crippen molar-refractivity contribution in [2.24, 2.45) is 0 Å². The number of carboxylic acids is 1. The molecule has 17 heavy (non-hydrogen) atoms. The van der Waals surface area contributed by atoms with Gasteiger partial charge in [-0.15, -0.1) is 0 Å². The van der Waals surface area contributed by atoms with E-state index in [0.717, 1.165) is 0 Å². The Hall–Kier alpha value is -1.10. The number of carbonyl (C=O) groups is 2. The highest BCUT2D eigenvalue weighted by atomic mass is 16.4. The maximum Gasteiger partial charge on any atom is 0.303 e. The summed E-state index contributed by atoms with van der Waals surface area (Å²) in [5.74, 6) is -0.914. The van der Waals surface area contributed by atoms with E-state index in [0.29, 0.717) is 19.0 Å². The highest BCUT2D eigenvalue weighted by Crippen LogP contribution is 2.11. The molecule has 0 fully saturated rings. The van der Waals surface area contributed by atoms with Gasteiger partial charge in [0.15, 0.2) is 0 Å². The summed E-state index contributed by atoms with van der Waals surface area (Å²) in [7, 11) is 1.88. The Morgan fingerprint density at radius 2 is 1.88 bits per heavy atom. The van der Waals surface area contributed by atoms with Crippen molar-refractivity contribution in [2.45, 2.75) is 52.1 Å². The molecule has 0 bridgehead atoms. The van der Waals surface area contributed by atoms with Crippen LogP contribution >= 0.6 is 0 Å². The summed E-state index contributed by atoms with van der Waals surface area (Å²) in [6, 6.07) is 0.308. The summed E-state index contributed by atoms with van der Waals surface area (Å²) >= 11 is 0. The Morgan fingerprint density at radius 3 is 2.29 bits per heavy atom. The standard InChI is InChI=1S/C12H24N2O3/c1-9(2)14(5)8-10(15)13-12(3,4)7-6-11(16)17/h9H,6-8H2,1-5H3,(H,13,15)(H,16,17). The predicted octanol–water partition coefficient (Wildman–Crippen LogP) is 1.09. The summed E-state index contributed by atoms with van der Waals surface area (Å²) in [5.41, 5.74) is -0.479. The molecular weight excluding hydrogens is 220 g/mol. The first kappa shape index (κ1) is 15.9. The smallest absolute Gasteiger partial charge is 0.303 e. The maximum absolute atomic E-state index is 11.7. The minimum Gasteiger partial charge on any atom is -0.481 e. The van der Waals surface area contributed by atoms with Crippen molar-refractivity contribution in [1.82, 2.24) is 10.2 Å². The predicted molar refractivity (Wildman–Crippen MR) is 66.9 cm³/mol. The molecule has 100 valence electrons. The van der Waals surface area contributed by atoms with Crippen LogP contribution in [0.1, 0.15) is 40.5 Å². The second-order valence-corrected chi connectivity index (χ2v) is 5.33. The Bertz CT molecular complexity index is 275. The van der Waals surface area contributed by atoms with Crippen LogP contribution in [0.5, 0.6) is 0 Å². The van der Waals surface area contributed by atoms with Gasteiger partial charge in [0, 0.05) is 18.0 Å². The molecule has 0 aliphatic carbocycles. The highest BCUT2D eigenvalue weighted by Gasteiger charge is 2.22. The van der Waals surface area contributed by atoms with Gasteiger partial charge in [0.2, 0.25) is 5.91 Å². The van der Waals surface area contributed by atoms with Gasteiger partial charge >= 0.3 is 5.97 Å². The van der Waals surface area contributed by atoms with Crippen LogP contribution in [0.2, 0.25) is 0 Å². The fraction of sp³-hybridized carbons (Fsp3) is 0.833. The number of likely N-dealkylation sites (N-methyl/N-ethyl adjacent to an activating group) is 1. The van der Waals surface area contributed by atoms with Crippen LogP contribution in [-0.2, 0) is 9.59 Å². The second-order valence-electron chi connectivity index (χ2n) is 5.33. The molecule has 0 radical (unpaired) electrons. The molecule has 1 amide bonds. The lowest BCUT2D eigenvalue weighted by Gasteiger charge is -2.28. The number of carbonyl (C=O) groups excluding carboxylic acids is 1. The fourth-order valence-electron chi connectivity index (χ4n) is 1.31. The fourth-order valence-corrected chi connectivity index (χ4v) is 1.31. The van der Waals surface area contributed by atoms with Gasteiger partial charge in [-0.05, 0) is 41.2 Å². The first-order valence-corrected chi connectivity index (χ1v) is 5.87. The Morgan fingerprint density at radius 1 is 1.35 bits per heavy atom. The van der Waals surface area contributed by atoms with Gasteiger partial charge in [-0.3, -0.25) is 14.5 Å².